The molecule has 0 bridgehead atoms. The Morgan fingerprint density at radius 3 is 2.88 bits per heavy atom. The van der Waals surface area contributed by atoms with Crippen LogP contribution in [0.15, 0.2) is 6.20 Å². The summed E-state index contributed by atoms with van der Waals surface area (Å²) in [6, 6.07) is 0. The van der Waals surface area contributed by atoms with Gasteiger partial charge in [-0.15, -0.1) is 0 Å². The summed E-state index contributed by atoms with van der Waals surface area (Å²) in [5, 5.41) is 9.32. The van der Waals surface area contributed by atoms with E-state index in [9.17, 15) is 4.79 Å². The second kappa shape index (κ2) is 4.23. The number of nitrogens with one attached hydrogen (secondary N) is 2. The van der Waals surface area contributed by atoms with Gasteiger partial charge in [-0.2, -0.15) is 5.10 Å². The van der Waals surface area contributed by atoms with Gasteiger partial charge in [0, 0.05) is 18.8 Å². The third-order valence-electron chi connectivity index (χ3n) is 2.90. The Hall–Kier alpha value is -1.40. The van der Waals surface area contributed by atoms with Gasteiger partial charge >= 0.3 is 0 Å². The molecule has 2 heterocycles. The number of nitrogens with zero attached hydrogens (tertiary/aromatic N) is 1. The lowest BCUT2D eigenvalue weighted by molar-refractivity contribution is -0.124. The first-order valence-electron chi connectivity index (χ1n) is 5.30. The van der Waals surface area contributed by atoms with Gasteiger partial charge in [-0.25, -0.2) is 0 Å². The van der Waals surface area contributed by atoms with Gasteiger partial charge in [0.15, 0.2) is 0 Å². The molecule has 1 aromatic heterocycles. The van der Waals surface area contributed by atoms with Crippen LogP contribution in [0, 0.1) is 6.92 Å². The summed E-state index contributed by atoms with van der Waals surface area (Å²) < 4.78 is 5.19. The lowest BCUT2D eigenvalue weighted by Crippen LogP contribution is -2.54. The highest BCUT2D eigenvalue weighted by Crippen LogP contribution is 2.20. The number of amides is 1. The molecule has 0 unspecified atom stereocenters. The summed E-state index contributed by atoms with van der Waals surface area (Å²) in [5.74, 6) is 0.435. The Labute approximate surface area is 93.5 Å². The van der Waals surface area contributed by atoms with Crippen LogP contribution in [0.1, 0.15) is 18.4 Å². The SMILES string of the molecule is Cc1cn[nH]c1NC(=O)C1(N)CCOCC1. The molecule has 0 aliphatic carbocycles. The topological polar surface area (TPSA) is 93.0 Å². The van der Waals surface area contributed by atoms with Gasteiger partial charge in [-0.3, -0.25) is 9.89 Å². The number of carbonyl (C=O) groups excluding carboxylic acids is 1. The normalized spacial score (nSPS) is 19.4. The maximum absolute atomic E-state index is 12.0. The number of hydrogen-bond donors (Lipinski definition) is 3. The van der Waals surface area contributed by atoms with E-state index in [-0.39, 0.29) is 5.91 Å². The van der Waals surface area contributed by atoms with Crippen LogP contribution in [-0.2, 0) is 9.53 Å². The molecule has 1 fully saturated rings. The third kappa shape index (κ3) is 2.07. The molecule has 2 rings (SSSR count). The van der Waals surface area contributed by atoms with Crippen LogP contribution >= 0.6 is 0 Å². The third-order valence-corrected chi connectivity index (χ3v) is 2.90. The first-order chi connectivity index (χ1) is 7.62. The standard InChI is InChI=1S/C10H16N4O2/c1-7-6-12-14-8(7)13-9(15)10(11)2-4-16-5-3-10/h6H,2-5,11H2,1H3,(H2,12,13,14,15). The number of ether oxygens (including phenoxy) is 1. The fourth-order valence-electron chi connectivity index (χ4n) is 1.67. The maximum Gasteiger partial charge on any atom is 0.245 e. The van der Waals surface area contributed by atoms with Gasteiger partial charge in [0.1, 0.15) is 11.4 Å². The lowest BCUT2D eigenvalue weighted by Gasteiger charge is -2.31. The minimum absolute atomic E-state index is 0.178. The van der Waals surface area contributed by atoms with Crippen LogP contribution in [0.2, 0.25) is 0 Å². The van der Waals surface area contributed by atoms with E-state index in [1.807, 2.05) is 6.92 Å². The quantitative estimate of drug-likeness (QED) is 0.667. The molecule has 1 saturated heterocycles. The number of nitrogens with two attached hydrogens (primary N) is 1. The number of aryl methyl sites for hydroxylation is 1. The molecule has 0 saturated carbocycles. The molecule has 4 N–H and O–H groups in total. The smallest absolute Gasteiger partial charge is 0.245 e. The van der Waals surface area contributed by atoms with Gasteiger partial charge in [0.2, 0.25) is 5.91 Å². The van der Waals surface area contributed by atoms with Crippen molar-refractivity contribution in [3.63, 3.8) is 0 Å². The van der Waals surface area contributed by atoms with E-state index in [2.05, 4.69) is 15.5 Å². The van der Waals surface area contributed by atoms with Crippen molar-refractivity contribution < 1.29 is 9.53 Å². The zero-order chi connectivity index (χ0) is 11.6. The van der Waals surface area contributed by atoms with Gasteiger partial charge in [-0.1, -0.05) is 0 Å². The molecule has 88 valence electrons. The van der Waals surface area contributed by atoms with Crippen molar-refractivity contribution in [1.29, 1.82) is 0 Å². The van der Waals surface area contributed by atoms with Crippen molar-refractivity contribution in [1.82, 2.24) is 10.2 Å². The largest absolute Gasteiger partial charge is 0.381 e. The molecule has 1 aliphatic heterocycles. The molecule has 6 heteroatoms. The minimum atomic E-state index is -0.824. The van der Waals surface area contributed by atoms with E-state index < -0.39 is 5.54 Å². The van der Waals surface area contributed by atoms with E-state index in [4.69, 9.17) is 10.5 Å². The first-order valence-corrected chi connectivity index (χ1v) is 5.30. The van der Waals surface area contributed by atoms with E-state index in [1.54, 1.807) is 6.20 Å². The van der Waals surface area contributed by atoms with Crippen LogP contribution in [0.4, 0.5) is 5.82 Å². The number of H-pyrrole nitrogens is 1. The fourth-order valence-corrected chi connectivity index (χ4v) is 1.67. The van der Waals surface area contributed by atoms with Crippen molar-refractivity contribution in [2.45, 2.75) is 25.3 Å². The molecule has 0 aromatic carbocycles. The van der Waals surface area contributed by atoms with Crippen molar-refractivity contribution >= 4 is 11.7 Å². The Morgan fingerprint density at radius 2 is 2.31 bits per heavy atom. The summed E-state index contributed by atoms with van der Waals surface area (Å²) in [6.45, 7) is 2.93. The van der Waals surface area contributed by atoms with Crippen LogP contribution in [0.5, 0.6) is 0 Å². The van der Waals surface area contributed by atoms with E-state index in [0.29, 0.717) is 31.9 Å². The summed E-state index contributed by atoms with van der Waals surface area (Å²) in [4.78, 5) is 12.0. The molecule has 16 heavy (non-hydrogen) atoms. The number of rotatable bonds is 2. The molecular formula is C10H16N4O2. The lowest BCUT2D eigenvalue weighted by atomic mass is 9.90. The number of aromatic nitrogens is 2. The Kier molecular flexibility index (Phi) is 2.93. The molecule has 0 radical (unpaired) electrons. The highest BCUT2D eigenvalue weighted by molar-refractivity contribution is 5.97. The highest BCUT2D eigenvalue weighted by atomic mass is 16.5. The average Bonchev–Trinajstić information content (AvgIpc) is 2.65. The zero-order valence-electron chi connectivity index (χ0n) is 9.25. The zero-order valence-corrected chi connectivity index (χ0v) is 9.25. The molecular weight excluding hydrogens is 208 g/mol. The molecule has 6 nitrogen and oxygen atoms in total. The number of carbonyl (C=O) groups is 1. The predicted molar refractivity (Wildman–Crippen MR) is 58.9 cm³/mol. The van der Waals surface area contributed by atoms with Crippen molar-refractivity contribution in [3.05, 3.63) is 11.8 Å². The Bertz CT molecular complexity index is 382. The minimum Gasteiger partial charge on any atom is -0.381 e. The van der Waals surface area contributed by atoms with Crippen molar-refractivity contribution in [3.8, 4) is 0 Å². The maximum atomic E-state index is 12.0. The second-order valence-corrected chi connectivity index (χ2v) is 4.15. The van der Waals surface area contributed by atoms with E-state index in [0.717, 1.165) is 5.56 Å². The Balaban J connectivity index is 2.05. The molecule has 0 spiro atoms. The van der Waals surface area contributed by atoms with E-state index >= 15 is 0 Å². The Morgan fingerprint density at radius 1 is 1.62 bits per heavy atom. The monoisotopic (exact) mass is 224 g/mol. The summed E-state index contributed by atoms with van der Waals surface area (Å²) >= 11 is 0. The van der Waals surface area contributed by atoms with Crippen LogP contribution < -0.4 is 11.1 Å². The summed E-state index contributed by atoms with van der Waals surface area (Å²) in [5.41, 5.74) is 6.11. The van der Waals surface area contributed by atoms with Gasteiger partial charge in [-0.05, 0) is 19.8 Å². The van der Waals surface area contributed by atoms with Crippen molar-refractivity contribution in [2.24, 2.45) is 5.73 Å². The van der Waals surface area contributed by atoms with Crippen LogP contribution in [-0.4, -0.2) is 34.9 Å². The van der Waals surface area contributed by atoms with Gasteiger partial charge in [0.25, 0.3) is 0 Å². The molecule has 1 aliphatic rings. The molecule has 1 amide bonds. The van der Waals surface area contributed by atoms with Crippen LogP contribution in [0.25, 0.3) is 0 Å². The fraction of sp³-hybridized carbons (Fsp3) is 0.600. The van der Waals surface area contributed by atoms with Crippen molar-refractivity contribution in [2.75, 3.05) is 18.5 Å². The predicted octanol–water partition coefficient (Wildman–Crippen LogP) is 0.165. The molecule has 0 atom stereocenters. The summed E-state index contributed by atoms with van der Waals surface area (Å²) in [7, 11) is 0. The van der Waals surface area contributed by atoms with Crippen LogP contribution in [0.3, 0.4) is 0 Å². The molecule has 1 aromatic rings. The first kappa shape index (κ1) is 11.1. The van der Waals surface area contributed by atoms with Gasteiger partial charge < -0.3 is 15.8 Å². The van der Waals surface area contributed by atoms with E-state index in [1.165, 1.54) is 0 Å². The number of anilines is 1. The second-order valence-electron chi connectivity index (χ2n) is 4.15. The number of aromatic amines is 1. The highest BCUT2D eigenvalue weighted by Gasteiger charge is 2.36. The number of hydrogen-bond acceptors (Lipinski definition) is 4. The summed E-state index contributed by atoms with van der Waals surface area (Å²) in [6.07, 6.45) is 2.75. The van der Waals surface area contributed by atoms with Gasteiger partial charge in [0.05, 0.1) is 6.20 Å². The average molecular weight is 224 g/mol.